The number of carboxylic acids is 1. The number of carbonyl (C=O) groups excluding carboxylic acids is 2. The SMILES string of the molecule is Cc1nc(NC(=O)CCC(NC(=O)OC(C)(C)C)C(=O)O)sc1-c1ccc(Cl)c(S(C)(=O)=O)c1. The van der Waals surface area contributed by atoms with Crippen molar-refractivity contribution in [2.24, 2.45) is 0 Å². The summed E-state index contributed by atoms with van der Waals surface area (Å²) in [4.78, 5) is 40.6. The van der Waals surface area contributed by atoms with Crippen molar-refractivity contribution in [2.75, 3.05) is 11.6 Å². The number of carboxylic acid groups (broad SMARTS) is 1. The molecule has 0 radical (unpaired) electrons. The van der Waals surface area contributed by atoms with Gasteiger partial charge >= 0.3 is 12.1 Å². The minimum Gasteiger partial charge on any atom is -0.480 e. The number of rotatable bonds is 8. The van der Waals surface area contributed by atoms with Crippen molar-refractivity contribution < 1.29 is 32.6 Å². The van der Waals surface area contributed by atoms with Gasteiger partial charge in [0.15, 0.2) is 15.0 Å². The summed E-state index contributed by atoms with van der Waals surface area (Å²) in [6, 6.07) is 3.28. The van der Waals surface area contributed by atoms with E-state index in [9.17, 15) is 27.9 Å². The van der Waals surface area contributed by atoms with Gasteiger partial charge in [0.25, 0.3) is 0 Å². The fourth-order valence-electron chi connectivity index (χ4n) is 2.81. The van der Waals surface area contributed by atoms with Gasteiger partial charge in [-0.3, -0.25) is 4.79 Å². The quantitative estimate of drug-likeness (QED) is 0.464. The summed E-state index contributed by atoms with van der Waals surface area (Å²) in [6.07, 6.45) is -0.186. The number of nitrogens with one attached hydrogen (secondary N) is 2. The molecule has 2 amide bonds. The van der Waals surface area contributed by atoms with Crippen molar-refractivity contribution in [3.8, 4) is 10.4 Å². The molecule has 0 aliphatic rings. The zero-order valence-electron chi connectivity index (χ0n) is 19.3. The fraction of sp³-hybridized carbons (Fsp3) is 0.429. The van der Waals surface area contributed by atoms with Gasteiger partial charge in [-0.05, 0) is 51.8 Å². The van der Waals surface area contributed by atoms with Gasteiger partial charge in [0, 0.05) is 12.7 Å². The van der Waals surface area contributed by atoms with Crippen LogP contribution < -0.4 is 10.6 Å². The molecular weight excluding hydrogens is 506 g/mol. The topological polar surface area (TPSA) is 152 Å². The van der Waals surface area contributed by atoms with Crippen LogP contribution in [0.4, 0.5) is 9.93 Å². The highest BCUT2D eigenvalue weighted by Gasteiger charge is 2.25. The molecule has 186 valence electrons. The van der Waals surface area contributed by atoms with Gasteiger partial charge in [0.05, 0.1) is 20.5 Å². The van der Waals surface area contributed by atoms with Crippen LogP contribution in [0.5, 0.6) is 0 Å². The molecule has 0 aliphatic heterocycles. The second kappa shape index (κ2) is 10.7. The van der Waals surface area contributed by atoms with E-state index < -0.39 is 39.4 Å². The number of hydrogen-bond donors (Lipinski definition) is 3. The Balaban J connectivity index is 2.07. The summed E-state index contributed by atoms with van der Waals surface area (Å²) in [7, 11) is -3.53. The molecule has 1 aromatic heterocycles. The molecule has 0 aliphatic carbocycles. The molecule has 0 bridgehead atoms. The molecule has 0 saturated heterocycles. The maximum atomic E-state index is 12.4. The van der Waals surface area contributed by atoms with Crippen LogP contribution >= 0.6 is 22.9 Å². The fourth-order valence-corrected chi connectivity index (χ4v) is 5.09. The van der Waals surface area contributed by atoms with E-state index in [0.717, 1.165) is 17.6 Å². The molecule has 10 nitrogen and oxygen atoms in total. The third-order valence-electron chi connectivity index (χ3n) is 4.28. The summed E-state index contributed by atoms with van der Waals surface area (Å²) in [5, 5.41) is 14.5. The van der Waals surface area contributed by atoms with Crippen LogP contribution in [0.1, 0.15) is 39.3 Å². The van der Waals surface area contributed by atoms with Crippen LogP contribution in [0.15, 0.2) is 23.1 Å². The van der Waals surface area contributed by atoms with Gasteiger partial charge in [0.1, 0.15) is 11.6 Å². The Morgan fingerprint density at radius 3 is 2.47 bits per heavy atom. The van der Waals surface area contributed by atoms with Crippen LogP contribution in [-0.4, -0.2) is 54.4 Å². The minimum atomic E-state index is -3.53. The van der Waals surface area contributed by atoms with E-state index in [0.29, 0.717) is 16.1 Å². The van der Waals surface area contributed by atoms with E-state index in [4.69, 9.17) is 16.3 Å². The zero-order valence-corrected chi connectivity index (χ0v) is 21.7. The number of nitrogens with zero attached hydrogens (tertiary/aromatic N) is 1. The molecule has 2 aromatic rings. The number of hydrogen-bond acceptors (Lipinski definition) is 8. The van der Waals surface area contributed by atoms with Crippen molar-refractivity contribution in [1.29, 1.82) is 0 Å². The second-order valence-electron chi connectivity index (χ2n) is 8.47. The molecule has 2 rings (SSSR count). The Morgan fingerprint density at radius 2 is 1.91 bits per heavy atom. The first-order valence-electron chi connectivity index (χ1n) is 10.1. The van der Waals surface area contributed by atoms with Crippen molar-refractivity contribution in [3.63, 3.8) is 0 Å². The number of anilines is 1. The maximum Gasteiger partial charge on any atom is 0.408 e. The van der Waals surface area contributed by atoms with Crippen LogP contribution in [0.25, 0.3) is 10.4 Å². The number of sulfone groups is 1. The molecule has 0 fully saturated rings. The lowest BCUT2D eigenvalue weighted by Crippen LogP contribution is -2.43. The lowest BCUT2D eigenvalue weighted by molar-refractivity contribution is -0.139. The minimum absolute atomic E-state index is 0.0118. The summed E-state index contributed by atoms with van der Waals surface area (Å²) < 4.78 is 29.0. The van der Waals surface area contributed by atoms with Gasteiger partial charge in [-0.1, -0.05) is 29.0 Å². The van der Waals surface area contributed by atoms with Gasteiger partial charge in [0.2, 0.25) is 5.91 Å². The summed E-state index contributed by atoms with van der Waals surface area (Å²) in [6.45, 7) is 6.64. The van der Waals surface area contributed by atoms with Crippen molar-refractivity contribution in [2.45, 2.75) is 57.1 Å². The van der Waals surface area contributed by atoms with Gasteiger partial charge in [-0.2, -0.15) is 0 Å². The normalized spacial score (nSPS) is 12.6. The Bertz CT molecular complexity index is 1200. The largest absolute Gasteiger partial charge is 0.480 e. The molecule has 13 heteroatoms. The second-order valence-corrected chi connectivity index (χ2v) is 11.9. The van der Waals surface area contributed by atoms with Crippen molar-refractivity contribution >= 4 is 55.9 Å². The van der Waals surface area contributed by atoms with Gasteiger partial charge < -0.3 is 20.5 Å². The Kier molecular flexibility index (Phi) is 8.67. The Morgan fingerprint density at radius 1 is 1.26 bits per heavy atom. The molecule has 1 heterocycles. The number of benzene rings is 1. The van der Waals surface area contributed by atoms with Crippen LogP contribution in [0.3, 0.4) is 0 Å². The van der Waals surface area contributed by atoms with E-state index in [-0.39, 0.29) is 27.9 Å². The molecular formula is C21H26ClN3O7S2. The number of thiazole rings is 1. The van der Waals surface area contributed by atoms with E-state index in [1.807, 2.05) is 0 Å². The summed E-state index contributed by atoms with van der Waals surface area (Å²) in [5.74, 6) is -1.79. The lowest BCUT2D eigenvalue weighted by Gasteiger charge is -2.21. The highest BCUT2D eigenvalue weighted by molar-refractivity contribution is 7.90. The maximum absolute atomic E-state index is 12.4. The first-order chi connectivity index (χ1) is 15.6. The molecule has 34 heavy (non-hydrogen) atoms. The summed E-state index contributed by atoms with van der Waals surface area (Å²) >= 11 is 7.14. The van der Waals surface area contributed by atoms with E-state index in [1.54, 1.807) is 33.8 Å². The first-order valence-corrected chi connectivity index (χ1v) is 13.1. The monoisotopic (exact) mass is 531 g/mol. The van der Waals surface area contributed by atoms with Crippen LogP contribution in [0, 0.1) is 6.92 Å². The lowest BCUT2D eigenvalue weighted by atomic mass is 10.1. The number of amides is 2. The molecule has 1 atom stereocenters. The molecule has 0 spiro atoms. The van der Waals surface area contributed by atoms with Crippen molar-refractivity contribution in [1.82, 2.24) is 10.3 Å². The predicted molar refractivity (Wildman–Crippen MR) is 129 cm³/mol. The van der Waals surface area contributed by atoms with E-state index >= 15 is 0 Å². The highest BCUT2D eigenvalue weighted by atomic mass is 35.5. The number of aromatic nitrogens is 1. The highest BCUT2D eigenvalue weighted by Crippen LogP contribution is 2.35. The Hall–Kier alpha value is -2.70. The van der Waals surface area contributed by atoms with E-state index in [2.05, 4.69) is 15.6 Å². The first kappa shape index (κ1) is 27.5. The average Bonchev–Trinajstić information content (AvgIpc) is 3.02. The number of aliphatic carboxylic acids is 1. The summed E-state index contributed by atoms with van der Waals surface area (Å²) in [5.41, 5.74) is 0.349. The predicted octanol–water partition coefficient (Wildman–Crippen LogP) is 3.87. The van der Waals surface area contributed by atoms with Crippen LogP contribution in [0.2, 0.25) is 5.02 Å². The standard InChI is InChI=1S/C21H26ClN3O7S2/c1-11-17(12-6-7-13(22)15(10-12)34(5,30)31)33-19(23-11)25-16(26)9-8-14(18(27)28)24-20(29)32-21(2,3)4/h6-7,10,14H,8-9H2,1-5H3,(H,24,29)(H,27,28)(H,23,25,26). The number of alkyl carbamates (subject to hydrolysis) is 1. The third-order valence-corrected chi connectivity index (χ3v) is 6.99. The van der Waals surface area contributed by atoms with Crippen molar-refractivity contribution in [3.05, 3.63) is 28.9 Å². The molecule has 1 aromatic carbocycles. The average molecular weight is 532 g/mol. The third kappa shape index (κ3) is 7.96. The van der Waals surface area contributed by atoms with Crippen LogP contribution in [-0.2, 0) is 24.2 Å². The smallest absolute Gasteiger partial charge is 0.408 e. The molecule has 3 N–H and O–H groups in total. The molecule has 0 saturated carbocycles. The van der Waals surface area contributed by atoms with Gasteiger partial charge in [-0.15, -0.1) is 0 Å². The van der Waals surface area contributed by atoms with E-state index in [1.165, 1.54) is 12.1 Å². The number of ether oxygens (including phenoxy) is 1. The van der Waals surface area contributed by atoms with Gasteiger partial charge in [-0.25, -0.2) is 23.0 Å². The number of carbonyl (C=O) groups is 3. The number of aryl methyl sites for hydroxylation is 1. The zero-order chi connectivity index (χ0) is 25.8. The Labute approximate surface area is 206 Å². The number of halogens is 1. The molecule has 1 unspecified atom stereocenters.